The summed E-state index contributed by atoms with van der Waals surface area (Å²) in [5, 5.41) is 22.4. The second kappa shape index (κ2) is 11.2. The number of amides is 2. The molecule has 0 fully saturated rings. The van der Waals surface area contributed by atoms with E-state index in [1.807, 2.05) is 0 Å². The molecule has 0 radical (unpaired) electrons. The zero-order valence-electron chi connectivity index (χ0n) is 16.0. The Morgan fingerprint density at radius 1 is 0.933 bits per heavy atom. The SMILES string of the molecule is O=C(O)CC[C@H](NC(=O)NCCc1ccc(OC(=O)c2ccccc2)cc1)C(=O)O. The smallest absolute Gasteiger partial charge is 0.343 e. The van der Waals surface area contributed by atoms with Gasteiger partial charge in [-0.25, -0.2) is 14.4 Å². The summed E-state index contributed by atoms with van der Waals surface area (Å²) in [6, 6.07) is 13.4. The Morgan fingerprint density at radius 2 is 1.60 bits per heavy atom. The molecule has 0 saturated carbocycles. The molecular formula is C21H22N2O7. The number of carboxylic acid groups (broad SMARTS) is 2. The van der Waals surface area contributed by atoms with Crippen LogP contribution in [0.3, 0.4) is 0 Å². The average Bonchev–Trinajstić information content (AvgIpc) is 2.72. The number of benzene rings is 2. The van der Waals surface area contributed by atoms with Crippen molar-refractivity contribution < 1.29 is 34.1 Å². The predicted octanol–water partition coefficient (Wildman–Crippen LogP) is 2.07. The summed E-state index contributed by atoms with van der Waals surface area (Å²) < 4.78 is 5.29. The van der Waals surface area contributed by atoms with Crippen molar-refractivity contribution >= 4 is 23.9 Å². The Balaban J connectivity index is 1.76. The molecule has 1 atom stereocenters. The number of urea groups is 1. The molecule has 0 bridgehead atoms. The molecule has 0 aromatic heterocycles. The first kappa shape index (κ1) is 22.4. The molecule has 9 nitrogen and oxygen atoms in total. The quantitative estimate of drug-likeness (QED) is 0.344. The summed E-state index contributed by atoms with van der Waals surface area (Å²) in [5.74, 6) is -2.51. The van der Waals surface area contributed by atoms with E-state index in [0.717, 1.165) is 5.56 Å². The summed E-state index contributed by atoms with van der Waals surface area (Å²) in [5.41, 5.74) is 1.32. The molecule has 0 saturated heterocycles. The number of ether oxygens (including phenoxy) is 1. The number of carbonyl (C=O) groups excluding carboxylic acids is 2. The molecule has 4 N–H and O–H groups in total. The number of esters is 1. The number of carbonyl (C=O) groups is 4. The molecule has 2 amide bonds. The Labute approximate surface area is 172 Å². The second-order valence-electron chi connectivity index (χ2n) is 6.37. The van der Waals surface area contributed by atoms with Gasteiger partial charge in [-0.05, 0) is 42.7 Å². The van der Waals surface area contributed by atoms with Gasteiger partial charge in [0, 0.05) is 13.0 Å². The van der Waals surface area contributed by atoms with Crippen molar-refractivity contribution in [3.63, 3.8) is 0 Å². The zero-order chi connectivity index (χ0) is 21.9. The molecule has 2 aromatic rings. The van der Waals surface area contributed by atoms with Crippen LogP contribution >= 0.6 is 0 Å². The highest BCUT2D eigenvalue weighted by Gasteiger charge is 2.20. The van der Waals surface area contributed by atoms with Crippen LogP contribution in [-0.4, -0.2) is 46.7 Å². The number of hydrogen-bond acceptors (Lipinski definition) is 5. The van der Waals surface area contributed by atoms with Crippen LogP contribution in [0.5, 0.6) is 5.75 Å². The molecule has 2 rings (SSSR count). The number of rotatable bonds is 10. The van der Waals surface area contributed by atoms with E-state index in [0.29, 0.717) is 17.7 Å². The van der Waals surface area contributed by atoms with Gasteiger partial charge in [-0.3, -0.25) is 4.79 Å². The van der Waals surface area contributed by atoms with Gasteiger partial charge in [0.05, 0.1) is 5.56 Å². The maximum atomic E-state index is 12.0. The third-order valence-corrected chi connectivity index (χ3v) is 4.09. The van der Waals surface area contributed by atoms with Gasteiger partial charge in [0.2, 0.25) is 0 Å². The van der Waals surface area contributed by atoms with E-state index < -0.39 is 30.0 Å². The first-order chi connectivity index (χ1) is 14.3. The molecule has 0 unspecified atom stereocenters. The van der Waals surface area contributed by atoms with Crippen LogP contribution in [0.2, 0.25) is 0 Å². The third-order valence-electron chi connectivity index (χ3n) is 4.09. The maximum Gasteiger partial charge on any atom is 0.343 e. The Kier molecular flexibility index (Phi) is 8.37. The van der Waals surface area contributed by atoms with Gasteiger partial charge in [0.1, 0.15) is 11.8 Å². The minimum atomic E-state index is -1.30. The molecule has 2 aromatic carbocycles. The molecule has 9 heteroatoms. The number of carboxylic acids is 2. The Morgan fingerprint density at radius 3 is 2.20 bits per heavy atom. The summed E-state index contributed by atoms with van der Waals surface area (Å²) in [7, 11) is 0. The van der Waals surface area contributed by atoms with Crippen LogP contribution < -0.4 is 15.4 Å². The van der Waals surface area contributed by atoms with Gasteiger partial charge in [-0.1, -0.05) is 30.3 Å². The standard InChI is InChI=1S/C21H22N2O7/c24-18(25)11-10-17(19(26)27)23-21(29)22-13-12-14-6-8-16(9-7-14)30-20(28)15-4-2-1-3-5-15/h1-9,17H,10-13H2,(H,24,25)(H,26,27)(H2,22,23,29)/t17-/m0/s1. The van der Waals surface area contributed by atoms with E-state index in [1.165, 1.54) is 0 Å². The van der Waals surface area contributed by atoms with Crippen LogP contribution in [-0.2, 0) is 16.0 Å². The summed E-state index contributed by atoms with van der Waals surface area (Å²) >= 11 is 0. The van der Waals surface area contributed by atoms with E-state index >= 15 is 0 Å². The molecule has 0 aliphatic carbocycles. The van der Waals surface area contributed by atoms with Crippen molar-refractivity contribution in [2.45, 2.75) is 25.3 Å². The average molecular weight is 414 g/mol. The van der Waals surface area contributed by atoms with Gasteiger partial charge in [0.15, 0.2) is 0 Å². The van der Waals surface area contributed by atoms with Gasteiger partial charge >= 0.3 is 23.9 Å². The van der Waals surface area contributed by atoms with E-state index in [2.05, 4.69) is 10.6 Å². The summed E-state index contributed by atoms with van der Waals surface area (Å²) in [4.78, 5) is 45.4. The van der Waals surface area contributed by atoms with Crippen molar-refractivity contribution in [2.24, 2.45) is 0 Å². The van der Waals surface area contributed by atoms with Crippen molar-refractivity contribution in [2.75, 3.05) is 6.54 Å². The second-order valence-corrected chi connectivity index (χ2v) is 6.37. The largest absolute Gasteiger partial charge is 0.481 e. The lowest BCUT2D eigenvalue weighted by Crippen LogP contribution is -2.46. The highest BCUT2D eigenvalue weighted by molar-refractivity contribution is 5.91. The van der Waals surface area contributed by atoms with Crippen LogP contribution in [0.1, 0.15) is 28.8 Å². The van der Waals surface area contributed by atoms with Crippen molar-refractivity contribution in [1.29, 1.82) is 0 Å². The molecule has 30 heavy (non-hydrogen) atoms. The summed E-state index contributed by atoms with van der Waals surface area (Å²) in [6.07, 6.45) is -0.104. The zero-order valence-corrected chi connectivity index (χ0v) is 16.0. The first-order valence-corrected chi connectivity index (χ1v) is 9.20. The lowest BCUT2D eigenvalue weighted by molar-refractivity contribution is -0.140. The fraction of sp³-hybridized carbons (Fsp3) is 0.238. The fourth-order valence-electron chi connectivity index (χ4n) is 2.52. The minimum Gasteiger partial charge on any atom is -0.481 e. The topological polar surface area (TPSA) is 142 Å². The molecule has 0 aliphatic heterocycles. The highest BCUT2D eigenvalue weighted by Crippen LogP contribution is 2.14. The van der Waals surface area contributed by atoms with E-state index in [1.54, 1.807) is 54.6 Å². The van der Waals surface area contributed by atoms with Gasteiger partial charge in [-0.2, -0.15) is 0 Å². The first-order valence-electron chi connectivity index (χ1n) is 9.20. The summed E-state index contributed by atoms with van der Waals surface area (Å²) in [6.45, 7) is 0.236. The monoisotopic (exact) mass is 414 g/mol. The van der Waals surface area contributed by atoms with Gasteiger partial charge in [-0.15, -0.1) is 0 Å². The van der Waals surface area contributed by atoms with E-state index in [9.17, 15) is 19.2 Å². The Hall–Kier alpha value is -3.88. The highest BCUT2D eigenvalue weighted by atomic mass is 16.5. The van der Waals surface area contributed by atoms with Crippen LogP contribution in [0.15, 0.2) is 54.6 Å². The van der Waals surface area contributed by atoms with Gasteiger partial charge < -0.3 is 25.6 Å². The van der Waals surface area contributed by atoms with Crippen LogP contribution in [0.4, 0.5) is 4.79 Å². The van der Waals surface area contributed by atoms with Crippen molar-refractivity contribution in [1.82, 2.24) is 10.6 Å². The molecule has 158 valence electrons. The lowest BCUT2D eigenvalue weighted by atomic mass is 10.1. The Bertz CT molecular complexity index is 882. The maximum absolute atomic E-state index is 12.0. The fourth-order valence-corrected chi connectivity index (χ4v) is 2.52. The molecular weight excluding hydrogens is 392 g/mol. The normalized spacial score (nSPS) is 11.2. The van der Waals surface area contributed by atoms with Gasteiger partial charge in [0.25, 0.3) is 0 Å². The van der Waals surface area contributed by atoms with Crippen LogP contribution in [0.25, 0.3) is 0 Å². The lowest BCUT2D eigenvalue weighted by Gasteiger charge is -2.14. The predicted molar refractivity (Wildman–Crippen MR) is 106 cm³/mol. The van der Waals surface area contributed by atoms with Crippen molar-refractivity contribution in [3.8, 4) is 5.75 Å². The third kappa shape index (κ3) is 7.63. The van der Waals surface area contributed by atoms with Crippen molar-refractivity contribution in [3.05, 3.63) is 65.7 Å². The number of hydrogen-bond donors (Lipinski definition) is 4. The number of aliphatic carboxylic acids is 2. The number of nitrogens with one attached hydrogen (secondary N) is 2. The van der Waals surface area contributed by atoms with E-state index in [-0.39, 0.29) is 19.4 Å². The molecule has 0 heterocycles. The molecule has 0 aliphatic rings. The van der Waals surface area contributed by atoms with E-state index in [4.69, 9.17) is 14.9 Å². The minimum absolute atomic E-state index is 0.207. The molecule has 0 spiro atoms. The van der Waals surface area contributed by atoms with Crippen LogP contribution in [0, 0.1) is 0 Å².